The van der Waals surface area contributed by atoms with Crippen LogP contribution in [0.2, 0.25) is 0 Å². The Morgan fingerprint density at radius 1 is 1.35 bits per heavy atom. The fraction of sp³-hybridized carbons (Fsp3) is 0.600. The number of hydrogen-bond donors (Lipinski definition) is 1. The molecule has 0 aliphatic carbocycles. The van der Waals surface area contributed by atoms with E-state index in [0.717, 1.165) is 47.2 Å². The maximum Gasteiger partial charge on any atom is 0.135 e. The number of nitrogens with zero attached hydrogens (tertiary/aromatic N) is 1. The first kappa shape index (κ1) is 16.1. The van der Waals surface area contributed by atoms with Crippen LogP contribution in [0.1, 0.15) is 26.7 Å². The first-order valence-electron chi connectivity index (χ1n) is 7.02. The Morgan fingerprint density at radius 2 is 2.10 bits per heavy atom. The van der Waals surface area contributed by atoms with Crippen LogP contribution in [-0.4, -0.2) is 32.3 Å². The van der Waals surface area contributed by atoms with Crippen molar-refractivity contribution >= 4 is 37.5 Å². The summed E-state index contributed by atoms with van der Waals surface area (Å²) in [5.41, 5.74) is 1.37. The molecule has 0 spiro atoms. The highest BCUT2D eigenvalue weighted by Gasteiger charge is 2.28. The van der Waals surface area contributed by atoms with Gasteiger partial charge in [0.05, 0.1) is 17.3 Å². The fourth-order valence-electron chi connectivity index (χ4n) is 2.58. The average Bonchev–Trinajstić information content (AvgIpc) is 2.62. The molecular formula is C15H22Br2N2O. The van der Waals surface area contributed by atoms with Gasteiger partial charge >= 0.3 is 0 Å². The molecule has 1 heterocycles. The van der Waals surface area contributed by atoms with Gasteiger partial charge < -0.3 is 15.0 Å². The van der Waals surface area contributed by atoms with E-state index in [1.54, 1.807) is 7.11 Å². The van der Waals surface area contributed by atoms with Gasteiger partial charge in [0.1, 0.15) is 5.75 Å². The summed E-state index contributed by atoms with van der Waals surface area (Å²) in [6, 6.07) is 4.17. The third kappa shape index (κ3) is 3.49. The van der Waals surface area contributed by atoms with Gasteiger partial charge in [0, 0.05) is 29.2 Å². The van der Waals surface area contributed by atoms with E-state index in [1.165, 1.54) is 5.69 Å². The number of nitrogens with one attached hydrogen (secondary N) is 1. The number of ether oxygens (including phenoxy) is 1. The largest absolute Gasteiger partial charge is 0.495 e. The van der Waals surface area contributed by atoms with E-state index >= 15 is 0 Å². The first-order chi connectivity index (χ1) is 9.49. The van der Waals surface area contributed by atoms with Crippen LogP contribution in [0, 0.1) is 0 Å². The molecule has 0 aromatic heterocycles. The van der Waals surface area contributed by atoms with Crippen molar-refractivity contribution in [1.29, 1.82) is 0 Å². The molecule has 1 fully saturated rings. The molecule has 1 saturated heterocycles. The zero-order chi connectivity index (χ0) is 14.8. The molecule has 1 aliphatic heterocycles. The summed E-state index contributed by atoms with van der Waals surface area (Å²) in [6.07, 6.45) is 2.27. The van der Waals surface area contributed by atoms with E-state index in [9.17, 15) is 0 Å². The van der Waals surface area contributed by atoms with E-state index in [2.05, 4.69) is 68.1 Å². The van der Waals surface area contributed by atoms with Crippen LogP contribution >= 0.6 is 31.9 Å². The molecule has 1 atom stereocenters. The second kappa shape index (κ2) is 6.67. The third-order valence-corrected chi connectivity index (χ3v) is 5.29. The number of rotatable bonds is 3. The van der Waals surface area contributed by atoms with E-state index in [0.29, 0.717) is 0 Å². The summed E-state index contributed by atoms with van der Waals surface area (Å²) >= 11 is 7.21. The lowest BCUT2D eigenvalue weighted by Gasteiger charge is -2.34. The molecule has 1 aromatic carbocycles. The molecule has 1 aromatic rings. The lowest BCUT2D eigenvalue weighted by Crippen LogP contribution is -2.48. The van der Waals surface area contributed by atoms with Gasteiger partial charge in [-0.15, -0.1) is 0 Å². The summed E-state index contributed by atoms with van der Waals surface area (Å²) in [4.78, 5) is 2.45. The number of benzene rings is 1. The molecule has 112 valence electrons. The standard InChI is InChI=1S/C15H22Br2N2O/c1-4-15(2)10-19(7-5-6-18-15)13-9-14(20-3)12(17)8-11(13)16/h8-9,18H,4-7,10H2,1-3H3. The number of methoxy groups -OCH3 is 1. The van der Waals surface area contributed by atoms with E-state index in [-0.39, 0.29) is 5.54 Å². The zero-order valence-corrected chi connectivity index (χ0v) is 15.5. The maximum atomic E-state index is 5.43. The summed E-state index contributed by atoms with van der Waals surface area (Å²) in [6.45, 7) is 7.69. The van der Waals surface area contributed by atoms with Crippen LogP contribution < -0.4 is 15.0 Å². The zero-order valence-electron chi connectivity index (χ0n) is 12.3. The van der Waals surface area contributed by atoms with Gasteiger partial charge in [-0.25, -0.2) is 0 Å². The van der Waals surface area contributed by atoms with Gasteiger partial charge in [-0.05, 0) is 64.2 Å². The number of hydrogen-bond acceptors (Lipinski definition) is 3. The second-order valence-corrected chi connectivity index (χ2v) is 7.26. The van der Waals surface area contributed by atoms with Crippen molar-refractivity contribution in [3.63, 3.8) is 0 Å². The van der Waals surface area contributed by atoms with Crippen LogP contribution in [0.3, 0.4) is 0 Å². The number of halogens is 2. The van der Waals surface area contributed by atoms with Gasteiger partial charge in [-0.3, -0.25) is 0 Å². The summed E-state index contributed by atoms with van der Waals surface area (Å²) in [5, 5.41) is 3.67. The van der Waals surface area contributed by atoms with Gasteiger partial charge in [0.2, 0.25) is 0 Å². The SMILES string of the molecule is CCC1(C)CN(c2cc(OC)c(Br)cc2Br)CCCN1. The van der Waals surface area contributed by atoms with E-state index in [4.69, 9.17) is 4.74 Å². The van der Waals surface area contributed by atoms with E-state index < -0.39 is 0 Å². The molecule has 1 aliphatic rings. The molecule has 0 bridgehead atoms. The predicted octanol–water partition coefficient (Wildman–Crippen LogP) is 4.19. The highest BCUT2D eigenvalue weighted by Crippen LogP contribution is 2.37. The molecule has 2 rings (SSSR count). The van der Waals surface area contributed by atoms with Gasteiger partial charge in [-0.1, -0.05) is 6.92 Å². The molecule has 1 unspecified atom stereocenters. The Labute approximate surface area is 138 Å². The van der Waals surface area contributed by atoms with Gasteiger partial charge in [-0.2, -0.15) is 0 Å². The van der Waals surface area contributed by atoms with Crippen molar-refractivity contribution in [3.8, 4) is 5.75 Å². The molecule has 5 heteroatoms. The van der Waals surface area contributed by atoms with Crippen molar-refractivity contribution in [2.45, 2.75) is 32.2 Å². The van der Waals surface area contributed by atoms with Crippen LogP contribution in [0.25, 0.3) is 0 Å². The summed E-state index contributed by atoms with van der Waals surface area (Å²) < 4.78 is 7.51. The Kier molecular flexibility index (Phi) is 5.37. The topological polar surface area (TPSA) is 24.5 Å². The highest BCUT2D eigenvalue weighted by atomic mass is 79.9. The predicted molar refractivity (Wildman–Crippen MR) is 91.9 cm³/mol. The Hall–Kier alpha value is -0.260. The average molecular weight is 406 g/mol. The maximum absolute atomic E-state index is 5.43. The molecule has 20 heavy (non-hydrogen) atoms. The van der Waals surface area contributed by atoms with Gasteiger partial charge in [0.25, 0.3) is 0 Å². The fourth-order valence-corrected chi connectivity index (χ4v) is 3.98. The van der Waals surface area contributed by atoms with Gasteiger partial charge in [0.15, 0.2) is 0 Å². The van der Waals surface area contributed by atoms with Crippen molar-refractivity contribution in [1.82, 2.24) is 5.32 Å². The van der Waals surface area contributed by atoms with Crippen molar-refractivity contribution in [2.75, 3.05) is 31.6 Å². The number of anilines is 1. The minimum atomic E-state index is 0.163. The molecular weight excluding hydrogens is 384 g/mol. The molecule has 3 nitrogen and oxygen atoms in total. The second-order valence-electron chi connectivity index (χ2n) is 5.55. The Morgan fingerprint density at radius 3 is 2.75 bits per heavy atom. The lowest BCUT2D eigenvalue weighted by atomic mass is 9.98. The van der Waals surface area contributed by atoms with Crippen molar-refractivity contribution < 1.29 is 4.74 Å². The molecule has 1 N–H and O–H groups in total. The van der Waals surface area contributed by atoms with E-state index in [1.807, 2.05) is 0 Å². The van der Waals surface area contributed by atoms with Crippen LogP contribution in [0.15, 0.2) is 21.1 Å². The smallest absolute Gasteiger partial charge is 0.135 e. The third-order valence-electron chi connectivity index (χ3n) is 4.04. The highest BCUT2D eigenvalue weighted by molar-refractivity contribution is 9.11. The lowest BCUT2D eigenvalue weighted by molar-refractivity contribution is 0.366. The molecule has 0 amide bonds. The normalized spacial score (nSPS) is 23.6. The van der Waals surface area contributed by atoms with Crippen LogP contribution in [0.4, 0.5) is 5.69 Å². The Bertz CT molecular complexity index is 481. The minimum Gasteiger partial charge on any atom is -0.495 e. The quantitative estimate of drug-likeness (QED) is 0.815. The minimum absolute atomic E-state index is 0.163. The van der Waals surface area contributed by atoms with Crippen molar-refractivity contribution in [3.05, 3.63) is 21.1 Å². The van der Waals surface area contributed by atoms with Crippen molar-refractivity contribution in [2.24, 2.45) is 0 Å². The molecule has 0 saturated carbocycles. The van der Waals surface area contributed by atoms with Crippen LogP contribution in [-0.2, 0) is 0 Å². The summed E-state index contributed by atoms with van der Waals surface area (Å²) in [7, 11) is 1.71. The first-order valence-corrected chi connectivity index (χ1v) is 8.60. The monoisotopic (exact) mass is 404 g/mol. The molecule has 0 radical (unpaired) electrons. The van der Waals surface area contributed by atoms with Crippen LogP contribution in [0.5, 0.6) is 5.75 Å². The summed E-state index contributed by atoms with van der Waals surface area (Å²) in [5.74, 6) is 0.874. The Balaban J connectivity index is 2.34.